The summed E-state index contributed by atoms with van der Waals surface area (Å²) < 4.78 is 20.1. The van der Waals surface area contributed by atoms with Crippen LogP contribution in [0.25, 0.3) is 22.4 Å². The highest BCUT2D eigenvalue weighted by atomic mass is 16.6. The van der Waals surface area contributed by atoms with Crippen LogP contribution < -0.4 is 9.64 Å². The number of carbonyl (C=O) groups excluding carboxylic acids is 1. The first kappa shape index (κ1) is 24.3. The summed E-state index contributed by atoms with van der Waals surface area (Å²) in [5.74, 6) is 0.661. The van der Waals surface area contributed by atoms with Crippen molar-refractivity contribution in [1.82, 2.24) is 19.7 Å². The molecule has 38 heavy (non-hydrogen) atoms. The van der Waals surface area contributed by atoms with Crippen LogP contribution in [0, 0.1) is 0 Å². The summed E-state index contributed by atoms with van der Waals surface area (Å²) in [5, 5.41) is 4.59. The molecule has 1 amide bonds. The van der Waals surface area contributed by atoms with Gasteiger partial charge in [0, 0.05) is 31.9 Å². The minimum absolute atomic E-state index is 0.0580. The zero-order valence-electron chi connectivity index (χ0n) is 22.3. The van der Waals surface area contributed by atoms with Crippen molar-refractivity contribution in [3.05, 3.63) is 60.3 Å². The Morgan fingerprint density at radius 1 is 1.05 bits per heavy atom. The van der Waals surface area contributed by atoms with Crippen molar-refractivity contribution >= 4 is 23.2 Å². The van der Waals surface area contributed by atoms with Gasteiger partial charge in [-0.15, -0.1) is 0 Å². The molecule has 0 aliphatic carbocycles. The maximum Gasteiger partial charge on any atom is 0.410 e. The van der Waals surface area contributed by atoms with Gasteiger partial charge in [0.15, 0.2) is 11.1 Å². The van der Waals surface area contributed by atoms with Gasteiger partial charge in [0.1, 0.15) is 18.0 Å². The number of oxazole rings is 1. The summed E-state index contributed by atoms with van der Waals surface area (Å²) in [6.45, 7) is 7.41. The molecule has 4 aromatic rings. The van der Waals surface area contributed by atoms with E-state index in [0.29, 0.717) is 42.6 Å². The molecule has 198 valence electrons. The van der Waals surface area contributed by atoms with E-state index in [1.165, 1.54) is 0 Å². The molecule has 2 bridgehead atoms. The van der Waals surface area contributed by atoms with E-state index < -0.39 is 5.60 Å². The van der Waals surface area contributed by atoms with Gasteiger partial charge in [0.2, 0.25) is 0 Å². The number of aryl methyl sites for hydroxylation is 1. The van der Waals surface area contributed by atoms with E-state index in [-0.39, 0.29) is 18.2 Å². The lowest BCUT2D eigenvalue weighted by atomic mass is 10.1. The summed E-state index contributed by atoms with van der Waals surface area (Å²) in [6.07, 6.45) is 3.54. The summed E-state index contributed by atoms with van der Waals surface area (Å²) in [5.41, 5.74) is 3.54. The molecule has 2 unspecified atom stereocenters. The number of hydrogen-bond donors (Lipinski definition) is 0. The average molecular weight is 516 g/mol. The quantitative estimate of drug-likeness (QED) is 0.352. The number of rotatable bonds is 5. The second-order valence-corrected chi connectivity index (χ2v) is 11.1. The Kier molecular flexibility index (Phi) is 6.01. The number of amides is 1. The summed E-state index contributed by atoms with van der Waals surface area (Å²) >= 11 is 0. The Balaban J connectivity index is 1.31. The minimum atomic E-state index is -0.522. The molecule has 0 N–H and O–H groups in total. The molecule has 0 saturated carbocycles. The summed E-state index contributed by atoms with van der Waals surface area (Å²) in [6, 6.07) is 16.6. The molecule has 2 aliphatic rings. The van der Waals surface area contributed by atoms with Crippen LogP contribution in [-0.2, 0) is 18.4 Å². The van der Waals surface area contributed by atoms with E-state index in [2.05, 4.69) is 10.00 Å². The van der Waals surface area contributed by atoms with Gasteiger partial charge in [0.25, 0.3) is 6.01 Å². The lowest BCUT2D eigenvalue weighted by Crippen LogP contribution is -2.56. The highest BCUT2D eigenvalue weighted by Gasteiger charge is 2.45. The van der Waals surface area contributed by atoms with Crippen LogP contribution in [0.3, 0.4) is 0 Å². The second kappa shape index (κ2) is 9.38. The lowest BCUT2D eigenvalue weighted by Gasteiger charge is -2.40. The maximum absolute atomic E-state index is 12.9. The monoisotopic (exact) mass is 515 g/mol. The van der Waals surface area contributed by atoms with Crippen molar-refractivity contribution in [1.29, 1.82) is 0 Å². The van der Waals surface area contributed by atoms with Crippen LogP contribution in [0.1, 0.15) is 39.2 Å². The zero-order chi connectivity index (χ0) is 26.4. The fourth-order valence-electron chi connectivity index (χ4n) is 5.39. The summed E-state index contributed by atoms with van der Waals surface area (Å²) in [4.78, 5) is 21.9. The molecule has 2 aliphatic heterocycles. The first-order chi connectivity index (χ1) is 18.2. The predicted octanol–water partition coefficient (Wildman–Crippen LogP) is 5.40. The standard InChI is InChI=1S/C29H33N5O4/c1-29(2,3)38-28(35)34-20-10-11-21(34)17-33(16-20)27-30-25-24(36-18-19-8-6-5-7-9-19)13-12-22(26(25)37-27)23-14-15-32(4)31-23/h5-9,12-15,20-21H,10-11,16-18H2,1-4H3. The molecule has 0 radical (unpaired) electrons. The number of benzene rings is 2. The van der Waals surface area contributed by atoms with Gasteiger partial charge < -0.3 is 18.8 Å². The minimum Gasteiger partial charge on any atom is -0.486 e. The number of aromatic nitrogens is 3. The molecular weight excluding hydrogens is 482 g/mol. The van der Waals surface area contributed by atoms with Crippen molar-refractivity contribution in [2.75, 3.05) is 18.0 Å². The van der Waals surface area contributed by atoms with Crippen LogP contribution in [0.2, 0.25) is 0 Å². The third-order valence-corrected chi connectivity index (χ3v) is 7.08. The van der Waals surface area contributed by atoms with E-state index in [1.807, 2.05) is 87.4 Å². The highest BCUT2D eigenvalue weighted by Crippen LogP contribution is 2.39. The third-order valence-electron chi connectivity index (χ3n) is 7.08. The Hall–Kier alpha value is -4.01. The molecular formula is C29H33N5O4. The molecule has 6 rings (SSSR count). The van der Waals surface area contributed by atoms with Gasteiger partial charge in [-0.25, -0.2) is 4.79 Å². The maximum atomic E-state index is 12.9. The fourth-order valence-corrected chi connectivity index (χ4v) is 5.39. The first-order valence-electron chi connectivity index (χ1n) is 13.1. The van der Waals surface area contributed by atoms with Crippen molar-refractivity contribution < 1.29 is 18.7 Å². The average Bonchev–Trinajstić information content (AvgIpc) is 3.58. The van der Waals surface area contributed by atoms with E-state index >= 15 is 0 Å². The number of piperazine rings is 1. The second-order valence-electron chi connectivity index (χ2n) is 11.1. The Morgan fingerprint density at radius 2 is 1.79 bits per heavy atom. The molecule has 2 aromatic heterocycles. The van der Waals surface area contributed by atoms with Crippen LogP contribution in [-0.4, -0.2) is 56.5 Å². The van der Waals surface area contributed by atoms with Crippen molar-refractivity contribution in [2.24, 2.45) is 7.05 Å². The number of anilines is 1. The number of nitrogens with zero attached hydrogens (tertiary/aromatic N) is 5. The molecule has 4 heterocycles. The normalized spacial score (nSPS) is 19.3. The molecule has 2 fully saturated rings. The fraction of sp³-hybridized carbons (Fsp3) is 0.414. The smallest absolute Gasteiger partial charge is 0.410 e. The van der Waals surface area contributed by atoms with E-state index in [4.69, 9.17) is 18.9 Å². The van der Waals surface area contributed by atoms with Gasteiger partial charge in [0.05, 0.1) is 17.8 Å². The van der Waals surface area contributed by atoms with E-state index in [9.17, 15) is 4.79 Å². The van der Waals surface area contributed by atoms with Gasteiger partial charge in [-0.05, 0) is 57.4 Å². The predicted molar refractivity (Wildman–Crippen MR) is 144 cm³/mol. The molecule has 2 saturated heterocycles. The molecule has 2 atom stereocenters. The number of fused-ring (bicyclic) bond motifs is 3. The van der Waals surface area contributed by atoms with Gasteiger partial charge >= 0.3 is 6.09 Å². The van der Waals surface area contributed by atoms with E-state index in [0.717, 1.165) is 29.7 Å². The molecule has 9 nitrogen and oxygen atoms in total. The Morgan fingerprint density at radius 3 is 2.45 bits per heavy atom. The molecule has 0 spiro atoms. The number of carbonyl (C=O) groups is 1. The molecule has 2 aromatic carbocycles. The Bertz CT molecular complexity index is 1440. The van der Waals surface area contributed by atoms with Gasteiger partial charge in [-0.3, -0.25) is 9.58 Å². The van der Waals surface area contributed by atoms with Crippen LogP contribution in [0.4, 0.5) is 10.8 Å². The van der Waals surface area contributed by atoms with Gasteiger partial charge in [-0.2, -0.15) is 10.1 Å². The van der Waals surface area contributed by atoms with Crippen LogP contribution >= 0.6 is 0 Å². The lowest BCUT2D eigenvalue weighted by molar-refractivity contribution is 0.0120. The number of ether oxygens (including phenoxy) is 2. The Labute approximate surface area is 221 Å². The third kappa shape index (κ3) is 4.68. The van der Waals surface area contributed by atoms with Crippen LogP contribution in [0.5, 0.6) is 5.75 Å². The highest BCUT2D eigenvalue weighted by molar-refractivity contribution is 5.94. The first-order valence-corrected chi connectivity index (χ1v) is 13.1. The zero-order valence-corrected chi connectivity index (χ0v) is 22.3. The number of hydrogen-bond acceptors (Lipinski definition) is 7. The molecule has 9 heteroatoms. The SMILES string of the molecule is Cn1ccc(-c2ccc(OCc3ccccc3)c3nc(N4CC5CCC(C4)N5C(=O)OC(C)(C)C)oc23)n1. The summed E-state index contributed by atoms with van der Waals surface area (Å²) in [7, 11) is 1.89. The van der Waals surface area contributed by atoms with Crippen molar-refractivity contribution in [2.45, 2.75) is 57.9 Å². The van der Waals surface area contributed by atoms with Crippen LogP contribution in [0.15, 0.2) is 59.1 Å². The van der Waals surface area contributed by atoms with Crippen molar-refractivity contribution in [3.8, 4) is 17.0 Å². The van der Waals surface area contributed by atoms with E-state index in [1.54, 1.807) is 4.68 Å². The largest absolute Gasteiger partial charge is 0.486 e. The van der Waals surface area contributed by atoms with Gasteiger partial charge in [-0.1, -0.05) is 30.3 Å². The van der Waals surface area contributed by atoms with Crippen molar-refractivity contribution in [3.63, 3.8) is 0 Å². The topological polar surface area (TPSA) is 85.9 Å².